The van der Waals surface area contributed by atoms with E-state index in [4.69, 9.17) is 4.74 Å². The zero-order chi connectivity index (χ0) is 24.3. The molecule has 7 heteroatoms. The van der Waals surface area contributed by atoms with Gasteiger partial charge in [-0.15, -0.1) is 0 Å². The summed E-state index contributed by atoms with van der Waals surface area (Å²) in [6.45, 7) is 3.82. The Morgan fingerprint density at radius 3 is 2.03 bits per heavy atom. The summed E-state index contributed by atoms with van der Waals surface area (Å²) in [6, 6.07) is 16.2. The number of carbonyl (C=O) groups is 3. The maximum absolute atomic E-state index is 13.3. The Morgan fingerprint density at radius 1 is 1.00 bits per heavy atom. The summed E-state index contributed by atoms with van der Waals surface area (Å²) in [7, 11) is 0. The Bertz CT molecular complexity index is 1040. The maximum atomic E-state index is 13.3. The van der Waals surface area contributed by atoms with E-state index in [0.717, 1.165) is 28.7 Å². The van der Waals surface area contributed by atoms with Gasteiger partial charge in [0, 0.05) is 5.92 Å². The fourth-order valence-electron chi connectivity index (χ4n) is 5.23. The van der Waals surface area contributed by atoms with Crippen molar-refractivity contribution in [1.82, 2.24) is 10.6 Å². The lowest BCUT2D eigenvalue weighted by atomic mass is 9.73. The number of amides is 2. The minimum Gasteiger partial charge on any atom is -0.481 e. The van der Waals surface area contributed by atoms with Crippen LogP contribution in [0.3, 0.4) is 0 Å². The van der Waals surface area contributed by atoms with Crippen molar-refractivity contribution in [3.05, 3.63) is 59.7 Å². The first-order chi connectivity index (χ1) is 16.3. The van der Waals surface area contributed by atoms with Crippen molar-refractivity contribution in [2.24, 2.45) is 0 Å². The second kappa shape index (κ2) is 9.49. The molecule has 0 bridgehead atoms. The number of nitrogens with one attached hydrogen (secondary N) is 2. The Hall–Kier alpha value is -3.35. The normalized spacial score (nSPS) is 16.1. The van der Waals surface area contributed by atoms with E-state index in [1.165, 1.54) is 0 Å². The second-order valence-electron chi connectivity index (χ2n) is 9.40. The van der Waals surface area contributed by atoms with Crippen molar-refractivity contribution in [2.45, 2.75) is 69.4 Å². The first kappa shape index (κ1) is 23.8. The molecular formula is C27H32N2O5. The molecule has 34 heavy (non-hydrogen) atoms. The SMILES string of the molecule is CCC(CC)(NC(=O)OCC1c2ccccc2-c2ccccc21)C(=O)NC1(CC(=O)O)CCC1. The third-order valence-electron chi connectivity index (χ3n) is 7.51. The van der Waals surface area contributed by atoms with Crippen LogP contribution in [0.5, 0.6) is 0 Å². The molecule has 0 aromatic heterocycles. The van der Waals surface area contributed by atoms with E-state index in [1.807, 2.05) is 38.1 Å². The standard InChI is InChI=1S/C27H32N2O5/c1-3-27(4-2,24(32)28-26(14-9-15-26)16-23(30)31)29-25(33)34-17-22-20-12-7-5-10-18(20)19-11-6-8-13-21(19)22/h5-8,10-13,22H,3-4,9,14-17H2,1-2H3,(H,28,32)(H,29,33)(H,30,31). The number of carboxylic acids is 1. The van der Waals surface area contributed by atoms with Crippen molar-refractivity contribution < 1.29 is 24.2 Å². The van der Waals surface area contributed by atoms with Gasteiger partial charge in [0.05, 0.1) is 12.0 Å². The molecule has 0 radical (unpaired) electrons. The zero-order valence-corrected chi connectivity index (χ0v) is 19.7. The molecule has 2 amide bonds. The van der Waals surface area contributed by atoms with E-state index >= 15 is 0 Å². The molecule has 2 aliphatic rings. The van der Waals surface area contributed by atoms with Crippen LogP contribution in [0.2, 0.25) is 0 Å². The first-order valence-corrected chi connectivity index (χ1v) is 12.0. The van der Waals surface area contributed by atoms with Crippen LogP contribution in [0.25, 0.3) is 11.1 Å². The third-order valence-corrected chi connectivity index (χ3v) is 7.51. The fourth-order valence-corrected chi connectivity index (χ4v) is 5.23. The minimum atomic E-state index is -1.16. The number of carboxylic acid groups (broad SMARTS) is 1. The Morgan fingerprint density at radius 2 is 1.56 bits per heavy atom. The highest BCUT2D eigenvalue weighted by atomic mass is 16.5. The molecule has 0 spiro atoms. The van der Waals surface area contributed by atoms with Gasteiger partial charge in [-0.25, -0.2) is 4.79 Å². The summed E-state index contributed by atoms with van der Waals surface area (Å²) >= 11 is 0. The van der Waals surface area contributed by atoms with Crippen molar-refractivity contribution in [3.63, 3.8) is 0 Å². The topological polar surface area (TPSA) is 105 Å². The summed E-state index contributed by atoms with van der Waals surface area (Å²) in [5.74, 6) is -1.37. The van der Waals surface area contributed by atoms with Gasteiger partial charge in [0.1, 0.15) is 12.1 Å². The average Bonchev–Trinajstić information content (AvgIpc) is 3.13. The summed E-state index contributed by atoms with van der Waals surface area (Å²) in [6.07, 6.45) is 2.08. The number of alkyl carbamates (subject to hydrolysis) is 1. The van der Waals surface area contributed by atoms with Gasteiger partial charge in [0.25, 0.3) is 0 Å². The molecule has 2 aromatic rings. The smallest absolute Gasteiger partial charge is 0.408 e. The Kier molecular flexibility index (Phi) is 6.64. The monoisotopic (exact) mass is 464 g/mol. The quantitative estimate of drug-likeness (QED) is 0.503. The molecular weight excluding hydrogens is 432 g/mol. The molecule has 0 heterocycles. The van der Waals surface area contributed by atoms with Gasteiger partial charge in [-0.2, -0.15) is 0 Å². The molecule has 4 rings (SSSR count). The predicted molar refractivity (Wildman–Crippen MR) is 128 cm³/mol. The summed E-state index contributed by atoms with van der Waals surface area (Å²) in [5.41, 5.74) is 2.63. The minimum absolute atomic E-state index is 0.0709. The molecule has 0 saturated heterocycles. The number of aliphatic carboxylic acids is 1. The van der Waals surface area contributed by atoms with Gasteiger partial charge < -0.3 is 20.5 Å². The summed E-state index contributed by atoms with van der Waals surface area (Å²) in [5, 5.41) is 15.0. The van der Waals surface area contributed by atoms with E-state index in [1.54, 1.807) is 0 Å². The van der Waals surface area contributed by atoms with Gasteiger partial charge in [-0.05, 0) is 54.4 Å². The van der Waals surface area contributed by atoms with Gasteiger partial charge in [0.15, 0.2) is 0 Å². The van der Waals surface area contributed by atoms with Crippen LogP contribution in [0.4, 0.5) is 4.79 Å². The van der Waals surface area contributed by atoms with Crippen molar-refractivity contribution in [3.8, 4) is 11.1 Å². The number of hydrogen-bond acceptors (Lipinski definition) is 4. The van der Waals surface area contributed by atoms with E-state index in [-0.39, 0.29) is 24.9 Å². The van der Waals surface area contributed by atoms with E-state index in [9.17, 15) is 19.5 Å². The van der Waals surface area contributed by atoms with Crippen molar-refractivity contribution in [1.29, 1.82) is 0 Å². The Labute approximate surface area is 199 Å². The maximum Gasteiger partial charge on any atom is 0.408 e. The fraction of sp³-hybridized carbons (Fsp3) is 0.444. The zero-order valence-electron chi connectivity index (χ0n) is 19.7. The highest BCUT2D eigenvalue weighted by Gasteiger charge is 2.46. The molecule has 2 aromatic carbocycles. The van der Waals surface area contributed by atoms with Crippen LogP contribution < -0.4 is 10.6 Å². The molecule has 0 unspecified atom stereocenters. The van der Waals surface area contributed by atoms with Crippen LogP contribution >= 0.6 is 0 Å². The van der Waals surface area contributed by atoms with Gasteiger partial charge in [-0.1, -0.05) is 62.4 Å². The molecule has 0 aliphatic heterocycles. The van der Waals surface area contributed by atoms with Crippen LogP contribution in [-0.2, 0) is 14.3 Å². The largest absolute Gasteiger partial charge is 0.481 e. The lowest BCUT2D eigenvalue weighted by Crippen LogP contribution is -2.65. The van der Waals surface area contributed by atoms with E-state index in [2.05, 4.69) is 34.9 Å². The number of carbonyl (C=O) groups excluding carboxylic acids is 2. The van der Waals surface area contributed by atoms with Crippen LogP contribution in [0, 0.1) is 0 Å². The van der Waals surface area contributed by atoms with Gasteiger partial charge >= 0.3 is 12.1 Å². The second-order valence-corrected chi connectivity index (χ2v) is 9.40. The lowest BCUT2D eigenvalue weighted by Gasteiger charge is -2.44. The molecule has 3 N–H and O–H groups in total. The van der Waals surface area contributed by atoms with Crippen LogP contribution in [0.15, 0.2) is 48.5 Å². The summed E-state index contributed by atoms with van der Waals surface area (Å²) in [4.78, 5) is 37.4. The molecule has 180 valence electrons. The van der Waals surface area contributed by atoms with Crippen molar-refractivity contribution >= 4 is 18.0 Å². The molecule has 0 atom stereocenters. The number of fused-ring (bicyclic) bond motifs is 3. The van der Waals surface area contributed by atoms with Crippen LogP contribution in [0.1, 0.15) is 69.4 Å². The Balaban J connectivity index is 1.45. The number of hydrogen-bond donors (Lipinski definition) is 3. The van der Waals surface area contributed by atoms with Crippen LogP contribution in [-0.4, -0.2) is 40.8 Å². The molecule has 1 fully saturated rings. The highest BCUT2D eigenvalue weighted by Crippen LogP contribution is 2.44. The van der Waals surface area contributed by atoms with Crippen molar-refractivity contribution in [2.75, 3.05) is 6.61 Å². The summed E-state index contributed by atoms with van der Waals surface area (Å²) < 4.78 is 5.66. The van der Waals surface area contributed by atoms with Gasteiger partial charge in [-0.3, -0.25) is 9.59 Å². The van der Waals surface area contributed by atoms with E-state index in [0.29, 0.717) is 25.7 Å². The molecule has 7 nitrogen and oxygen atoms in total. The number of benzene rings is 2. The number of ether oxygens (including phenoxy) is 1. The van der Waals surface area contributed by atoms with E-state index < -0.39 is 23.1 Å². The van der Waals surface area contributed by atoms with Gasteiger partial charge in [0.2, 0.25) is 5.91 Å². The molecule has 1 saturated carbocycles. The molecule has 2 aliphatic carbocycles. The third kappa shape index (κ3) is 4.39. The predicted octanol–water partition coefficient (Wildman–Crippen LogP) is 4.60. The lowest BCUT2D eigenvalue weighted by molar-refractivity contribution is -0.141. The average molecular weight is 465 g/mol. The number of rotatable bonds is 9. The first-order valence-electron chi connectivity index (χ1n) is 12.0. The highest BCUT2D eigenvalue weighted by molar-refractivity contribution is 5.91.